The van der Waals surface area contributed by atoms with E-state index in [-0.39, 0.29) is 6.10 Å². The van der Waals surface area contributed by atoms with Crippen molar-refractivity contribution in [3.05, 3.63) is 35.5 Å². The number of allylic oxidation sites excluding steroid dienone is 3. The van der Waals surface area contributed by atoms with Gasteiger partial charge in [0.2, 0.25) is 0 Å². The normalized spacial score (nSPS) is 22.2. The van der Waals surface area contributed by atoms with Crippen molar-refractivity contribution in [1.29, 1.82) is 0 Å². The fourth-order valence-electron chi connectivity index (χ4n) is 2.22. The number of rotatable bonds is 4. The molecule has 0 aliphatic heterocycles. The van der Waals surface area contributed by atoms with Crippen molar-refractivity contribution in [3.63, 3.8) is 0 Å². The fourth-order valence-corrected chi connectivity index (χ4v) is 2.22. The minimum absolute atomic E-state index is 0.357. The minimum Gasteiger partial charge on any atom is -0.389 e. The molecule has 1 aliphatic rings. The van der Waals surface area contributed by atoms with Crippen molar-refractivity contribution in [1.82, 2.24) is 0 Å². The third kappa shape index (κ3) is 4.36. The molecule has 0 aromatic heterocycles. The Morgan fingerprint density at radius 2 is 2.31 bits per heavy atom. The van der Waals surface area contributed by atoms with Gasteiger partial charge in [-0.15, -0.1) is 0 Å². The van der Waals surface area contributed by atoms with Gasteiger partial charge in [-0.05, 0) is 52.4 Å². The molecule has 0 heterocycles. The number of aliphatic hydroxyl groups excluding tert-OH is 1. The molecule has 0 fully saturated rings. The lowest BCUT2D eigenvalue weighted by Crippen LogP contribution is -2.12. The van der Waals surface area contributed by atoms with Gasteiger partial charge in [0.15, 0.2) is 0 Å². The fraction of sp³-hybridized carbons (Fsp3) is 0.600. The first-order valence-corrected chi connectivity index (χ1v) is 6.15. The quantitative estimate of drug-likeness (QED) is 0.710. The van der Waals surface area contributed by atoms with Gasteiger partial charge in [0.05, 0.1) is 6.10 Å². The molecule has 1 N–H and O–H groups in total. The van der Waals surface area contributed by atoms with E-state index in [9.17, 15) is 5.11 Å². The van der Waals surface area contributed by atoms with Gasteiger partial charge in [0.1, 0.15) is 0 Å². The van der Waals surface area contributed by atoms with E-state index in [0.29, 0.717) is 12.3 Å². The van der Waals surface area contributed by atoms with Crippen LogP contribution in [-0.2, 0) is 0 Å². The van der Waals surface area contributed by atoms with Crippen LogP contribution in [0.1, 0.15) is 46.5 Å². The summed E-state index contributed by atoms with van der Waals surface area (Å²) < 4.78 is 0. The zero-order valence-electron chi connectivity index (χ0n) is 10.8. The molecule has 0 radical (unpaired) electrons. The molecule has 0 aromatic rings. The second-order valence-electron chi connectivity index (χ2n) is 5.20. The summed E-state index contributed by atoms with van der Waals surface area (Å²) in [5.41, 5.74) is 3.86. The van der Waals surface area contributed by atoms with Crippen LogP contribution in [0, 0.1) is 5.92 Å². The maximum atomic E-state index is 9.82. The average Bonchev–Trinajstić information content (AvgIpc) is 2.16. The van der Waals surface area contributed by atoms with E-state index in [1.54, 1.807) is 0 Å². The van der Waals surface area contributed by atoms with Crippen LogP contribution in [0.25, 0.3) is 0 Å². The zero-order chi connectivity index (χ0) is 12.1. The highest BCUT2D eigenvalue weighted by Crippen LogP contribution is 2.30. The molecule has 1 heteroatoms. The predicted octanol–water partition coefficient (Wildman–Crippen LogP) is 4.01. The summed E-state index contributed by atoms with van der Waals surface area (Å²) >= 11 is 0. The molecule has 0 saturated heterocycles. The monoisotopic (exact) mass is 220 g/mol. The van der Waals surface area contributed by atoms with Crippen LogP contribution in [0.4, 0.5) is 0 Å². The van der Waals surface area contributed by atoms with Crippen LogP contribution in [-0.4, -0.2) is 11.2 Å². The van der Waals surface area contributed by atoms with Gasteiger partial charge >= 0.3 is 0 Å². The van der Waals surface area contributed by atoms with E-state index in [2.05, 4.69) is 19.6 Å². The van der Waals surface area contributed by atoms with Crippen LogP contribution in [0.5, 0.6) is 0 Å². The minimum atomic E-state index is -0.357. The SMILES string of the molecule is C=C(CC(O)C=C(C)C)C1CC=C(C)CC1. The molecule has 1 rings (SSSR count). The van der Waals surface area contributed by atoms with Crippen molar-refractivity contribution in [2.75, 3.05) is 0 Å². The Labute approximate surface area is 99.6 Å². The Morgan fingerprint density at radius 1 is 1.62 bits per heavy atom. The molecule has 0 spiro atoms. The Bertz CT molecular complexity index is 305. The summed E-state index contributed by atoms with van der Waals surface area (Å²) in [6.45, 7) is 10.3. The molecular weight excluding hydrogens is 196 g/mol. The van der Waals surface area contributed by atoms with Gasteiger partial charge in [0.25, 0.3) is 0 Å². The smallest absolute Gasteiger partial charge is 0.0760 e. The van der Waals surface area contributed by atoms with Crippen LogP contribution < -0.4 is 0 Å². The average molecular weight is 220 g/mol. The first kappa shape index (κ1) is 13.2. The molecule has 0 amide bonds. The Kier molecular flexibility index (Phi) is 5.01. The molecule has 0 aromatic carbocycles. The van der Waals surface area contributed by atoms with E-state index in [1.165, 1.54) is 29.6 Å². The second kappa shape index (κ2) is 6.05. The van der Waals surface area contributed by atoms with Gasteiger partial charge in [-0.2, -0.15) is 0 Å². The van der Waals surface area contributed by atoms with Gasteiger partial charge in [0, 0.05) is 0 Å². The van der Waals surface area contributed by atoms with Crippen molar-refractivity contribution in [2.24, 2.45) is 5.92 Å². The van der Waals surface area contributed by atoms with E-state index in [4.69, 9.17) is 0 Å². The summed E-state index contributed by atoms with van der Waals surface area (Å²) in [4.78, 5) is 0. The summed E-state index contributed by atoms with van der Waals surface area (Å²) in [5.74, 6) is 0.573. The Balaban J connectivity index is 2.44. The molecule has 1 nitrogen and oxygen atoms in total. The molecule has 0 saturated carbocycles. The Morgan fingerprint density at radius 3 is 2.81 bits per heavy atom. The van der Waals surface area contributed by atoms with Crippen LogP contribution in [0.3, 0.4) is 0 Å². The van der Waals surface area contributed by atoms with Crippen molar-refractivity contribution in [3.8, 4) is 0 Å². The lowest BCUT2D eigenvalue weighted by atomic mass is 9.83. The third-order valence-corrected chi connectivity index (χ3v) is 3.21. The number of hydrogen-bond acceptors (Lipinski definition) is 1. The highest BCUT2D eigenvalue weighted by Gasteiger charge is 2.17. The van der Waals surface area contributed by atoms with Gasteiger partial charge in [-0.1, -0.05) is 35.5 Å². The van der Waals surface area contributed by atoms with Crippen LogP contribution >= 0.6 is 0 Å². The lowest BCUT2D eigenvalue weighted by molar-refractivity contribution is 0.218. The lowest BCUT2D eigenvalue weighted by Gasteiger charge is -2.23. The maximum Gasteiger partial charge on any atom is 0.0760 e. The second-order valence-corrected chi connectivity index (χ2v) is 5.20. The van der Waals surface area contributed by atoms with Gasteiger partial charge in [-0.3, -0.25) is 0 Å². The molecule has 1 aliphatic carbocycles. The first-order valence-electron chi connectivity index (χ1n) is 6.15. The topological polar surface area (TPSA) is 20.2 Å². The highest BCUT2D eigenvalue weighted by atomic mass is 16.3. The van der Waals surface area contributed by atoms with Crippen molar-refractivity contribution < 1.29 is 5.11 Å². The highest BCUT2D eigenvalue weighted by molar-refractivity contribution is 5.14. The standard InChI is InChI=1S/C15H24O/c1-11(2)9-15(16)10-13(4)14-7-5-12(3)6-8-14/h5,9,14-16H,4,6-8,10H2,1-3H3. The third-order valence-electron chi connectivity index (χ3n) is 3.21. The predicted molar refractivity (Wildman–Crippen MR) is 70.3 cm³/mol. The van der Waals surface area contributed by atoms with Crippen LogP contribution in [0.15, 0.2) is 35.5 Å². The zero-order valence-corrected chi connectivity index (χ0v) is 10.8. The van der Waals surface area contributed by atoms with Crippen molar-refractivity contribution >= 4 is 0 Å². The summed E-state index contributed by atoms with van der Waals surface area (Å²) in [7, 11) is 0. The summed E-state index contributed by atoms with van der Waals surface area (Å²) in [6.07, 6.45) is 8.06. The molecule has 16 heavy (non-hydrogen) atoms. The molecule has 2 atom stereocenters. The largest absolute Gasteiger partial charge is 0.389 e. The van der Waals surface area contributed by atoms with E-state index in [1.807, 2.05) is 19.9 Å². The first-order chi connectivity index (χ1) is 7.49. The molecule has 0 bridgehead atoms. The van der Waals surface area contributed by atoms with Crippen LogP contribution in [0.2, 0.25) is 0 Å². The van der Waals surface area contributed by atoms with E-state index in [0.717, 1.165) is 6.42 Å². The van der Waals surface area contributed by atoms with E-state index >= 15 is 0 Å². The van der Waals surface area contributed by atoms with E-state index < -0.39 is 0 Å². The Hall–Kier alpha value is -0.820. The summed E-state index contributed by atoms with van der Waals surface area (Å²) in [6, 6.07) is 0. The molecule has 90 valence electrons. The van der Waals surface area contributed by atoms with Gasteiger partial charge in [-0.25, -0.2) is 0 Å². The molecular formula is C15H24O. The van der Waals surface area contributed by atoms with Crippen molar-refractivity contribution in [2.45, 2.75) is 52.6 Å². The number of aliphatic hydroxyl groups is 1. The van der Waals surface area contributed by atoms with Gasteiger partial charge < -0.3 is 5.11 Å². The summed E-state index contributed by atoms with van der Waals surface area (Å²) in [5, 5.41) is 9.82. The number of hydrogen-bond donors (Lipinski definition) is 1. The maximum absolute atomic E-state index is 9.82. The molecule has 2 unspecified atom stereocenters.